The Morgan fingerprint density at radius 2 is 1.66 bits per heavy atom. The van der Waals surface area contributed by atoms with Crippen molar-refractivity contribution in [3.63, 3.8) is 0 Å². The average molecular weight is 548 g/mol. The molecule has 3 aromatic rings. The summed E-state index contributed by atoms with van der Waals surface area (Å²) in [6.07, 6.45) is 20.0. The lowest BCUT2D eigenvalue weighted by molar-refractivity contribution is -0.688. The number of pyridine rings is 1. The van der Waals surface area contributed by atoms with Crippen LogP contribution in [0.5, 0.6) is 0 Å². The van der Waals surface area contributed by atoms with Gasteiger partial charge in [0.05, 0.1) is 23.8 Å². The van der Waals surface area contributed by atoms with Crippen molar-refractivity contribution in [2.75, 3.05) is 19.1 Å². The number of hydrogen-bond acceptors (Lipinski definition) is 5. The molecule has 0 saturated carbocycles. The van der Waals surface area contributed by atoms with Gasteiger partial charge in [0.2, 0.25) is 0 Å². The second kappa shape index (κ2) is 17.1. The molecule has 0 aliphatic carbocycles. The van der Waals surface area contributed by atoms with Gasteiger partial charge in [0.25, 0.3) is 0 Å². The highest BCUT2D eigenvalue weighted by molar-refractivity contribution is 5.82. The third kappa shape index (κ3) is 10.8. The van der Waals surface area contributed by atoms with Gasteiger partial charge in [0, 0.05) is 43.9 Å². The van der Waals surface area contributed by atoms with Crippen molar-refractivity contribution in [1.29, 1.82) is 0 Å². The van der Waals surface area contributed by atoms with Crippen LogP contribution < -0.4 is 14.9 Å². The topological polar surface area (TPSA) is 47.1 Å². The highest BCUT2D eigenvalue weighted by Gasteiger charge is 2.04. The number of aromatic nitrogens is 1. The van der Waals surface area contributed by atoms with Gasteiger partial charge in [0.1, 0.15) is 0 Å². The molecule has 0 amide bonds. The van der Waals surface area contributed by atoms with E-state index in [1.807, 2.05) is 98.2 Å². The predicted octanol–water partition coefficient (Wildman–Crippen LogP) is 6.83. The number of anilines is 1. The first-order valence-corrected chi connectivity index (χ1v) is 14.1. The van der Waals surface area contributed by atoms with E-state index in [9.17, 15) is 0 Å². The minimum atomic E-state index is 0.754. The Labute approximate surface area is 246 Å². The van der Waals surface area contributed by atoms with Crippen LogP contribution in [0.25, 0.3) is 0 Å². The van der Waals surface area contributed by atoms with E-state index < -0.39 is 0 Å². The average Bonchev–Trinajstić information content (AvgIpc) is 3.01. The van der Waals surface area contributed by atoms with Crippen LogP contribution in [0.3, 0.4) is 0 Å². The number of benzene rings is 2. The van der Waals surface area contributed by atoms with Gasteiger partial charge in [-0.25, -0.2) is 4.57 Å². The molecule has 3 rings (SSSR count). The number of para-hydroxylation sites is 1. The van der Waals surface area contributed by atoms with Crippen LogP contribution in [0.4, 0.5) is 5.69 Å². The summed E-state index contributed by atoms with van der Waals surface area (Å²) in [4.78, 5) is 0. The minimum absolute atomic E-state index is 0.754. The number of rotatable bonds is 15. The minimum Gasteiger partial charge on any atom is -0.387 e. The summed E-state index contributed by atoms with van der Waals surface area (Å²) in [5.74, 6) is 0. The predicted molar refractivity (Wildman–Crippen MR) is 174 cm³/mol. The number of nitrogens with one attached hydrogen (secondary N) is 1. The molecular formula is C35H43N6+. The lowest BCUT2D eigenvalue weighted by Crippen LogP contribution is -2.33. The Hall–Kier alpha value is -4.71. The van der Waals surface area contributed by atoms with E-state index in [-0.39, 0.29) is 0 Å². The maximum atomic E-state index is 4.54. The van der Waals surface area contributed by atoms with Crippen molar-refractivity contribution < 1.29 is 4.57 Å². The standard InChI is InChI=1S/C35H43N6/c1-6-9-13-34(8-3)39(4)37-27-30(7-2)20-23-36-26-31-16-18-33(19-17-31)29-41-24-21-32(22-25-41)28-38-40(5)35-14-11-10-12-15-35/h7-8,10-25,27-28,36H,3,6,9,26,29H2,1-2,4-5H3/q+1/b23-20-,30-7+,34-13+,37-27+. The van der Waals surface area contributed by atoms with E-state index in [1.54, 1.807) is 0 Å². The zero-order chi connectivity index (χ0) is 29.3. The Balaban J connectivity index is 1.46. The smallest absolute Gasteiger partial charge is 0.173 e. The Morgan fingerprint density at radius 3 is 2.32 bits per heavy atom. The van der Waals surface area contributed by atoms with Gasteiger partial charge in [-0.05, 0) is 55.0 Å². The summed E-state index contributed by atoms with van der Waals surface area (Å²) in [7, 11) is 3.89. The summed E-state index contributed by atoms with van der Waals surface area (Å²) in [5.41, 5.74) is 6.63. The van der Waals surface area contributed by atoms with Crippen molar-refractivity contribution in [2.45, 2.75) is 39.8 Å². The van der Waals surface area contributed by atoms with Gasteiger partial charge in [-0.3, -0.25) is 10.0 Å². The molecule has 2 aromatic carbocycles. The van der Waals surface area contributed by atoms with E-state index >= 15 is 0 Å². The fourth-order valence-corrected chi connectivity index (χ4v) is 3.90. The number of allylic oxidation sites excluding steroid dienone is 5. The highest BCUT2D eigenvalue weighted by Crippen LogP contribution is 2.11. The van der Waals surface area contributed by atoms with Crippen molar-refractivity contribution in [3.8, 4) is 0 Å². The zero-order valence-corrected chi connectivity index (χ0v) is 24.8. The molecule has 41 heavy (non-hydrogen) atoms. The lowest BCUT2D eigenvalue weighted by atomic mass is 10.1. The van der Waals surface area contributed by atoms with Gasteiger partial charge in [-0.1, -0.05) is 74.5 Å². The number of unbranched alkanes of at least 4 members (excludes halogenated alkanes) is 1. The summed E-state index contributed by atoms with van der Waals surface area (Å²) in [5, 5.41) is 16.2. The highest BCUT2D eigenvalue weighted by atomic mass is 15.4. The zero-order valence-electron chi connectivity index (χ0n) is 24.8. The molecule has 0 aliphatic heterocycles. The van der Waals surface area contributed by atoms with Crippen LogP contribution in [0.2, 0.25) is 0 Å². The van der Waals surface area contributed by atoms with Gasteiger partial charge in [-0.15, -0.1) is 0 Å². The Morgan fingerprint density at radius 1 is 0.951 bits per heavy atom. The fourth-order valence-electron chi connectivity index (χ4n) is 3.90. The third-order valence-electron chi connectivity index (χ3n) is 6.45. The molecule has 1 aromatic heterocycles. The van der Waals surface area contributed by atoms with Crippen LogP contribution in [0.15, 0.2) is 138 Å². The summed E-state index contributed by atoms with van der Waals surface area (Å²) >= 11 is 0. The van der Waals surface area contributed by atoms with Crippen LogP contribution in [-0.4, -0.2) is 31.5 Å². The maximum Gasteiger partial charge on any atom is 0.173 e. The van der Waals surface area contributed by atoms with E-state index in [0.717, 1.165) is 48.5 Å². The second-order valence-corrected chi connectivity index (χ2v) is 9.62. The molecule has 0 saturated heterocycles. The van der Waals surface area contributed by atoms with Crippen molar-refractivity contribution in [1.82, 2.24) is 10.3 Å². The first-order chi connectivity index (χ1) is 20.0. The number of likely N-dealkylation sites (N-methyl/N-ethyl adjacent to an activating group) is 1. The number of hydrazone groups is 2. The molecule has 1 N–H and O–H groups in total. The van der Waals surface area contributed by atoms with E-state index in [2.05, 4.69) is 88.5 Å². The van der Waals surface area contributed by atoms with Crippen LogP contribution in [-0.2, 0) is 13.1 Å². The molecule has 0 aliphatic rings. The van der Waals surface area contributed by atoms with Crippen LogP contribution in [0.1, 0.15) is 43.4 Å². The molecule has 0 bridgehead atoms. The third-order valence-corrected chi connectivity index (χ3v) is 6.45. The Bertz CT molecular complexity index is 1350. The molecular weight excluding hydrogens is 504 g/mol. The molecule has 0 atom stereocenters. The molecule has 0 fully saturated rings. The molecule has 212 valence electrons. The summed E-state index contributed by atoms with van der Waals surface area (Å²) < 4.78 is 2.17. The number of nitrogens with zero attached hydrogens (tertiary/aromatic N) is 5. The summed E-state index contributed by atoms with van der Waals surface area (Å²) in [6, 6.07) is 23.0. The molecule has 1 heterocycles. The molecule has 0 unspecified atom stereocenters. The molecule has 0 radical (unpaired) electrons. The van der Waals surface area contributed by atoms with E-state index in [0.29, 0.717) is 0 Å². The monoisotopic (exact) mass is 547 g/mol. The SMILES string of the molecule is C=C/C(=C\CCC)N(C)/N=C/C(/C=C\NCc1ccc(C[n+]2ccc(/C=N/N(C)c3ccccc3)cc2)cc1)=C/C. The van der Waals surface area contributed by atoms with Crippen LogP contribution in [0, 0.1) is 0 Å². The molecule has 6 heteroatoms. The number of hydrogen-bond donors (Lipinski definition) is 1. The van der Waals surface area contributed by atoms with Crippen molar-refractivity contribution in [3.05, 3.63) is 144 Å². The second-order valence-electron chi connectivity index (χ2n) is 9.62. The first kappa shape index (κ1) is 30.8. The van der Waals surface area contributed by atoms with Crippen molar-refractivity contribution in [2.24, 2.45) is 10.2 Å². The van der Waals surface area contributed by atoms with E-state index in [4.69, 9.17) is 0 Å². The first-order valence-electron chi connectivity index (χ1n) is 14.1. The largest absolute Gasteiger partial charge is 0.387 e. The maximum absolute atomic E-state index is 4.54. The Kier molecular flexibility index (Phi) is 12.8. The van der Waals surface area contributed by atoms with Gasteiger partial charge in [0.15, 0.2) is 18.9 Å². The molecule has 0 spiro atoms. The quantitative estimate of drug-likeness (QED) is 0.0982. The van der Waals surface area contributed by atoms with Gasteiger partial charge >= 0.3 is 0 Å². The van der Waals surface area contributed by atoms with Gasteiger partial charge in [-0.2, -0.15) is 10.2 Å². The van der Waals surface area contributed by atoms with Crippen LogP contribution >= 0.6 is 0 Å². The van der Waals surface area contributed by atoms with E-state index in [1.165, 1.54) is 11.1 Å². The van der Waals surface area contributed by atoms with Gasteiger partial charge < -0.3 is 5.32 Å². The van der Waals surface area contributed by atoms with Crippen molar-refractivity contribution >= 4 is 18.1 Å². The molecule has 6 nitrogen and oxygen atoms in total. The normalized spacial score (nSPS) is 12.4. The fraction of sp³-hybridized carbons (Fsp3) is 0.229. The summed E-state index contributed by atoms with van der Waals surface area (Å²) in [6.45, 7) is 9.63. The lowest BCUT2D eigenvalue weighted by Gasteiger charge is -2.13.